The number of para-hydroxylation sites is 2. The van der Waals surface area contributed by atoms with Crippen LogP contribution in [0.5, 0.6) is 0 Å². The Kier molecular flexibility index (Phi) is 6.20. The van der Waals surface area contributed by atoms with Gasteiger partial charge < -0.3 is 4.55 Å². The van der Waals surface area contributed by atoms with Crippen molar-refractivity contribution in [2.45, 2.75) is 18.0 Å². The average molecular weight is 426 g/mol. The Balaban J connectivity index is 0.000000527. The fraction of sp³-hybridized carbons (Fsp3) is 0.462. The predicted octanol–water partition coefficient (Wildman–Crippen LogP) is 2.39. The van der Waals surface area contributed by atoms with E-state index < -0.39 is 34.2 Å². The molecule has 0 bridgehead atoms. The molecule has 27 heavy (non-hydrogen) atoms. The Morgan fingerprint density at radius 3 is 1.89 bits per heavy atom. The predicted molar refractivity (Wildman–Crippen MR) is 75.7 cm³/mol. The van der Waals surface area contributed by atoms with Gasteiger partial charge in [-0.05, 0) is 12.1 Å². The average Bonchev–Trinajstić information content (AvgIpc) is 2.78. The quantitative estimate of drug-likeness (QED) is 0.327. The highest BCUT2D eigenvalue weighted by molar-refractivity contribution is 7.80. The van der Waals surface area contributed by atoms with E-state index in [1.54, 1.807) is 0 Å². The second-order valence-electron chi connectivity index (χ2n) is 5.15. The molecule has 0 unspecified atom stereocenters. The second kappa shape index (κ2) is 7.24. The summed E-state index contributed by atoms with van der Waals surface area (Å²) in [6.07, 6.45) is -6.36. The van der Waals surface area contributed by atoms with Gasteiger partial charge in [0.25, 0.3) is 0 Å². The van der Waals surface area contributed by atoms with Crippen molar-refractivity contribution in [2.75, 3.05) is 7.11 Å². The van der Waals surface area contributed by atoms with Crippen molar-refractivity contribution < 1.29 is 52.5 Å². The standard InChI is InChI=1S/C12H10F7N2.CH4O4S/c1-20-7-5-3-4-6-8(7)21(2)9(20)10(13,14)11(15,16)12(17,18)19;1-5-6(2,3)4/h3-6H,1-2H3;1H3,(H,2,3,4)/q+1;/p-1. The van der Waals surface area contributed by atoms with Crippen LogP contribution in [0.2, 0.25) is 0 Å². The third kappa shape index (κ3) is 4.32. The van der Waals surface area contributed by atoms with E-state index in [-0.39, 0.29) is 11.0 Å². The van der Waals surface area contributed by atoms with Crippen LogP contribution in [-0.2, 0) is 34.6 Å². The SMILES string of the molecule is COS(=O)(=O)[O-].Cn1c(C(F)(F)C(F)(F)C(F)(F)F)[n+](C)c2ccccc21. The lowest BCUT2D eigenvalue weighted by atomic mass is 10.1. The van der Waals surface area contributed by atoms with Gasteiger partial charge in [-0.3, -0.25) is 4.18 Å². The number of aromatic nitrogens is 2. The minimum absolute atomic E-state index is 0.118. The first-order chi connectivity index (χ1) is 12.0. The summed E-state index contributed by atoms with van der Waals surface area (Å²) in [5, 5.41) is 0. The van der Waals surface area contributed by atoms with E-state index in [1.165, 1.54) is 24.3 Å². The smallest absolute Gasteiger partial charge is 0.460 e. The molecule has 0 radical (unpaired) electrons. The molecular formula is C13H13F7N2O4S. The zero-order valence-corrected chi connectivity index (χ0v) is 14.7. The van der Waals surface area contributed by atoms with Crippen molar-refractivity contribution in [1.82, 2.24) is 4.57 Å². The van der Waals surface area contributed by atoms with Crippen LogP contribution < -0.4 is 4.57 Å². The third-order valence-corrected chi connectivity index (χ3v) is 3.88. The molecule has 14 heteroatoms. The first kappa shape index (κ1) is 23.1. The number of alkyl halides is 7. The molecule has 6 nitrogen and oxygen atoms in total. The molecule has 1 aromatic heterocycles. The maximum atomic E-state index is 13.9. The van der Waals surface area contributed by atoms with Crippen LogP contribution in [-0.4, -0.2) is 36.7 Å². The monoisotopic (exact) mass is 426 g/mol. The highest BCUT2D eigenvalue weighted by atomic mass is 32.3. The Bertz CT molecular complexity index is 884. The van der Waals surface area contributed by atoms with Crippen molar-refractivity contribution in [3.63, 3.8) is 0 Å². The van der Waals surface area contributed by atoms with Crippen LogP contribution in [0.3, 0.4) is 0 Å². The molecule has 0 saturated heterocycles. The van der Waals surface area contributed by atoms with Crippen molar-refractivity contribution >= 4 is 21.4 Å². The van der Waals surface area contributed by atoms with E-state index in [1.807, 2.05) is 0 Å². The van der Waals surface area contributed by atoms with E-state index >= 15 is 0 Å². The summed E-state index contributed by atoms with van der Waals surface area (Å²) in [7, 11) is -1.58. The fourth-order valence-electron chi connectivity index (χ4n) is 2.22. The zero-order chi connectivity index (χ0) is 21.4. The zero-order valence-electron chi connectivity index (χ0n) is 13.9. The Hall–Kier alpha value is -1.93. The van der Waals surface area contributed by atoms with Crippen molar-refractivity contribution in [1.29, 1.82) is 0 Å². The van der Waals surface area contributed by atoms with E-state index in [0.717, 1.165) is 21.2 Å². The van der Waals surface area contributed by atoms with Crippen molar-refractivity contribution in [2.24, 2.45) is 14.1 Å². The molecule has 2 aromatic rings. The van der Waals surface area contributed by atoms with Crippen molar-refractivity contribution in [3.8, 4) is 0 Å². The van der Waals surface area contributed by atoms with Gasteiger partial charge in [0, 0.05) is 0 Å². The summed E-state index contributed by atoms with van der Waals surface area (Å²) < 4.78 is 123. The lowest BCUT2D eigenvalue weighted by Crippen LogP contribution is -2.55. The number of imidazole rings is 1. The third-order valence-electron chi connectivity index (χ3n) is 3.48. The van der Waals surface area contributed by atoms with Crippen LogP contribution >= 0.6 is 0 Å². The summed E-state index contributed by atoms with van der Waals surface area (Å²) in [4.78, 5) is 0. The molecule has 2 rings (SSSR count). The number of fused-ring (bicyclic) bond motifs is 1. The topological polar surface area (TPSA) is 75.2 Å². The molecule has 0 spiro atoms. The molecule has 0 aliphatic carbocycles. The second-order valence-corrected chi connectivity index (χ2v) is 6.30. The van der Waals surface area contributed by atoms with Gasteiger partial charge in [-0.25, -0.2) is 17.6 Å². The van der Waals surface area contributed by atoms with E-state index in [4.69, 9.17) is 0 Å². The molecule has 0 aliphatic rings. The van der Waals surface area contributed by atoms with Gasteiger partial charge in [0.2, 0.25) is 10.4 Å². The molecule has 154 valence electrons. The minimum atomic E-state index is -6.36. The Morgan fingerprint density at radius 2 is 1.52 bits per heavy atom. The molecule has 0 N–H and O–H groups in total. The number of nitrogens with zero attached hydrogens (tertiary/aromatic N) is 2. The number of hydrogen-bond donors (Lipinski definition) is 0. The molecule has 0 amide bonds. The first-order valence-corrected chi connectivity index (χ1v) is 8.10. The van der Waals surface area contributed by atoms with Crippen LogP contribution in [0.15, 0.2) is 24.3 Å². The van der Waals surface area contributed by atoms with Crippen LogP contribution in [0.4, 0.5) is 30.7 Å². The van der Waals surface area contributed by atoms with E-state index in [2.05, 4.69) is 4.18 Å². The number of benzene rings is 1. The van der Waals surface area contributed by atoms with Crippen LogP contribution in [0.25, 0.3) is 11.0 Å². The minimum Gasteiger partial charge on any atom is -0.726 e. The molecule has 0 fully saturated rings. The highest BCUT2D eigenvalue weighted by Gasteiger charge is 2.77. The molecule has 1 heterocycles. The highest BCUT2D eigenvalue weighted by Crippen LogP contribution is 2.51. The lowest BCUT2D eigenvalue weighted by Gasteiger charge is -2.25. The summed E-state index contributed by atoms with van der Waals surface area (Å²) in [6, 6.07) is 5.62. The molecule has 1 aromatic carbocycles. The molecule has 0 aliphatic heterocycles. The maximum absolute atomic E-state index is 13.9. The number of hydrogen-bond acceptors (Lipinski definition) is 4. The number of halogens is 7. The Labute approximate surface area is 148 Å². The van der Waals surface area contributed by atoms with Gasteiger partial charge in [0.1, 0.15) is 0 Å². The van der Waals surface area contributed by atoms with Crippen LogP contribution in [0, 0.1) is 0 Å². The largest absolute Gasteiger partial charge is 0.726 e. The number of aryl methyl sites for hydroxylation is 2. The van der Waals surface area contributed by atoms with Crippen LogP contribution in [0.1, 0.15) is 5.82 Å². The number of rotatable bonds is 3. The van der Waals surface area contributed by atoms with Gasteiger partial charge in [0.15, 0.2) is 11.0 Å². The van der Waals surface area contributed by atoms with E-state index in [9.17, 15) is 43.7 Å². The van der Waals surface area contributed by atoms with Crippen molar-refractivity contribution in [3.05, 3.63) is 30.1 Å². The molecule has 0 saturated carbocycles. The molecule has 0 atom stereocenters. The van der Waals surface area contributed by atoms with E-state index in [0.29, 0.717) is 9.13 Å². The maximum Gasteiger partial charge on any atom is 0.460 e. The van der Waals surface area contributed by atoms with Gasteiger partial charge in [0.05, 0.1) is 21.2 Å². The van der Waals surface area contributed by atoms with Gasteiger partial charge in [-0.15, -0.1) is 0 Å². The summed E-state index contributed by atoms with van der Waals surface area (Å²) in [6.45, 7) is 0. The summed E-state index contributed by atoms with van der Waals surface area (Å²) in [5.41, 5.74) is 0.236. The summed E-state index contributed by atoms with van der Waals surface area (Å²) >= 11 is 0. The summed E-state index contributed by atoms with van der Waals surface area (Å²) in [5.74, 6) is -13.0. The van der Waals surface area contributed by atoms with Gasteiger partial charge in [-0.1, -0.05) is 12.1 Å². The first-order valence-electron chi connectivity index (χ1n) is 6.76. The van der Waals surface area contributed by atoms with Gasteiger partial charge >= 0.3 is 23.8 Å². The fourth-order valence-corrected chi connectivity index (χ4v) is 2.22. The lowest BCUT2D eigenvalue weighted by molar-refractivity contribution is -0.668. The normalized spacial score (nSPS) is 13.4. The molecular weight excluding hydrogens is 413 g/mol. The van der Waals surface area contributed by atoms with Gasteiger partial charge in [-0.2, -0.15) is 30.7 Å². The Morgan fingerprint density at radius 1 is 1.07 bits per heavy atom.